The maximum atomic E-state index is 13.6. The SMILES string of the molecule is CCNC(=O)[C@@H](CC)N(Cc1cccc(C)c1)C(=O)CN(c1cc(Cl)ccc1C)S(C)(=O)=O. The van der Waals surface area contributed by atoms with Crippen molar-refractivity contribution in [2.45, 2.75) is 46.7 Å². The summed E-state index contributed by atoms with van der Waals surface area (Å²) < 4.78 is 26.4. The number of carbonyl (C=O) groups excluding carboxylic acids is 2. The predicted molar refractivity (Wildman–Crippen MR) is 133 cm³/mol. The minimum absolute atomic E-state index is 0.183. The van der Waals surface area contributed by atoms with Gasteiger partial charge in [-0.05, 0) is 50.5 Å². The van der Waals surface area contributed by atoms with Crippen LogP contribution in [-0.4, -0.2) is 50.5 Å². The van der Waals surface area contributed by atoms with E-state index in [1.54, 1.807) is 19.1 Å². The van der Waals surface area contributed by atoms with E-state index in [1.807, 2.05) is 45.0 Å². The Morgan fingerprint density at radius 1 is 1.09 bits per heavy atom. The van der Waals surface area contributed by atoms with Gasteiger partial charge in [0.05, 0.1) is 11.9 Å². The van der Waals surface area contributed by atoms with Gasteiger partial charge in [0.25, 0.3) is 0 Å². The molecule has 1 atom stereocenters. The zero-order valence-corrected chi connectivity index (χ0v) is 21.3. The molecule has 180 valence electrons. The van der Waals surface area contributed by atoms with Crippen molar-refractivity contribution < 1.29 is 18.0 Å². The van der Waals surface area contributed by atoms with Crippen LogP contribution >= 0.6 is 11.6 Å². The van der Waals surface area contributed by atoms with E-state index < -0.39 is 28.5 Å². The molecule has 2 aromatic rings. The molecule has 0 radical (unpaired) electrons. The van der Waals surface area contributed by atoms with Crippen molar-refractivity contribution >= 4 is 39.1 Å². The van der Waals surface area contributed by atoms with Crippen LogP contribution in [0.25, 0.3) is 0 Å². The molecule has 0 fully saturated rings. The van der Waals surface area contributed by atoms with E-state index in [2.05, 4.69) is 5.32 Å². The van der Waals surface area contributed by atoms with Crippen molar-refractivity contribution in [3.05, 3.63) is 64.2 Å². The highest BCUT2D eigenvalue weighted by Gasteiger charge is 2.32. The minimum atomic E-state index is -3.80. The van der Waals surface area contributed by atoms with Gasteiger partial charge in [-0.25, -0.2) is 8.42 Å². The Morgan fingerprint density at radius 2 is 1.79 bits per heavy atom. The number of hydrogen-bond donors (Lipinski definition) is 1. The Hall–Kier alpha value is -2.58. The van der Waals surface area contributed by atoms with Crippen LogP contribution in [-0.2, 0) is 26.2 Å². The maximum Gasteiger partial charge on any atom is 0.244 e. The molecule has 9 heteroatoms. The second kappa shape index (κ2) is 11.5. The monoisotopic (exact) mass is 493 g/mol. The standard InChI is InChI=1S/C24H32ClN3O4S/c1-6-21(24(30)26-7-2)27(15-19-10-8-9-17(3)13-19)23(29)16-28(33(5,31)32)22-14-20(25)12-11-18(22)4/h8-14,21H,6-7,15-16H2,1-5H3,(H,26,30)/t21-/m1/s1. The molecule has 0 aliphatic heterocycles. The number of rotatable bonds is 10. The van der Waals surface area contributed by atoms with Gasteiger partial charge in [-0.1, -0.05) is 54.4 Å². The van der Waals surface area contributed by atoms with Crippen LogP contribution in [0.15, 0.2) is 42.5 Å². The minimum Gasteiger partial charge on any atom is -0.355 e. The van der Waals surface area contributed by atoms with Gasteiger partial charge < -0.3 is 10.2 Å². The second-order valence-electron chi connectivity index (χ2n) is 8.03. The summed E-state index contributed by atoms with van der Waals surface area (Å²) in [7, 11) is -3.80. The Labute approximate surface area is 201 Å². The molecule has 0 bridgehead atoms. The highest BCUT2D eigenvalue weighted by atomic mass is 35.5. The summed E-state index contributed by atoms with van der Waals surface area (Å²) in [5.41, 5.74) is 2.88. The molecule has 7 nitrogen and oxygen atoms in total. The molecule has 0 spiro atoms. The first-order valence-electron chi connectivity index (χ1n) is 10.8. The van der Waals surface area contributed by atoms with Crippen LogP contribution in [0.4, 0.5) is 5.69 Å². The molecule has 2 aromatic carbocycles. The second-order valence-corrected chi connectivity index (χ2v) is 10.4. The average molecular weight is 494 g/mol. The van der Waals surface area contributed by atoms with E-state index in [1.165, 1.54) is 11.0 Å². The van der Waals surface area contributed by atoms with Crippen LogP contribution in [0, 0.1) is 13.8 Å². The molecule has 0 saturated heterocycles. The lowest BCUT2D eigenvalue weighted by Crippen LogP contribution is -2.52. The Morgan fingerprint density at radius 3 is 2.36 bits per heavy atom. The first-order chi connectivity index (χ1) is 15.5. The quantitative estimate of drug-likeness (QED) is 0.547. The van der Waals surface area contributed by atoms with E-state index in [4.69, 9.17) is 11.6 Å². The van der Waals surface area contributed by atoms with Gasteiger partial charge in [-0.2, -0.15) is 0 Å². The number of anilines is 1. The third kappa shape index (κ3) is 7.20. The molecule has 0 aliphatic carbocycles. The normalized spacial score (nSPS) is 12.2. The lowest BCUT2D eigenvalue weighted by atomic mass is 10.1. The van der Waals surface area contributed by atoms with Gasteiger partial charge in [-0.3, -0.25) is 13.9 Å². The molecule has 0 unspecified atom stereocenters. The summed E-state index contributed by atoms with van der Waals surface area (Å²) in [5.74, 6) is -0.745. The van der Waals surface area contributed by atoms with E-state index in [-0.39, 0.29) is 12.5 Å². The van der Waals surface area contributed by atoms with Gasteiger partial charge in [0, 0.05) is 18.1 Å². The molecular formula is C24H32ClN3O4S. The summed E-state index contributed by atoms with van der Waals surface area (Å²) >= 11 is 6.11. The maximum absolute atomic E-state index is 13.6. The smallest absolute Gasteiger partial charge is 0.244 e. The van der Waals surface area contributed by atoms with Crippen molar-refractivity contribution in [2.75, 3.05) is 23.7 Å². The fraction of sp³-hybridized carbons (Fsp3) is 0.417. The number of halogens is 1. The van der Waals surface area contributed by atoms with Gasteiger partial charge in [-0.15, -0.1) is 0 Å². The molecule has 0 aliphatic rings. The lowest BCUT2D eigenvalue weighted by molar-refractivity contribution is -0.140. The van der Waals surface area contributed by atoms with Gasteiger partial charge >= 0.3 is 0 Å². The number of nitrogens with zero attached hydrogens (tertiary/aromatic N) is 2. The number of amides is 2. The summed E-state index contributed by atoms with van der Waals surface area (Å²) in [4.78, 5) is 27.8. The molecule has 2 rings (SSSR count). The zero-order valence-electron chi connectivity index (χ0n) is 19.8. The first-order valence-corrected chi connectivity index (χ1v) is 13.1. The number of hydrogen-bond acceptors (Lipinski definition) is 4. The Bertz CT molecular complexity index is 1100. The molecular weight excluding hydrogens is 462 g/mol. The lowest BCUT2D eigenvalue weighted by Gasteiger charge is -2.33. The summed E-state index contributed by atoms with van der Waals surface area (Å²) in [6.07, 6.45) is 1.44. The van der Waals surface area contributed by atoms with Gasteiger partial charge in [0.1, 0.15) is 12.6 Å². The van der Waals surface area contributed by atoms with E-state index >= 15 is 0 Å². The van der Waals surface area contributed by atoms with Gasteiger partial charge in [0.15, 0.2) is 0 Å². The van der Waals surface area contributed by atoms with Crippen LogP contribution in [0.3, 0.4) is 0 Å². The Balaban J connectivity index is 2.48. The Kier molecular flexibility index (Phi) is 9.31. The molecule has 0 aromatic heterocycles. The molecule has 0 saturated carbocycles. The van der Waals surface area contributed by atoms with Crippen LogP contribution < -0.4 is 9.62 Å². The predicted octanol–water partition coefficient (Wildman–Crippen LogP) is 3.67. The number of carbonyl (C=O) groups is 2. The number of nitrogens with one attached hydrogen (secondary N) is 1. The van der Waals surface area contributed by atoms with Crippen molar-refractivity contribution in [3.8, 4) is 0 Å². The summed E-state index contributed by atoms with van der Waals surface area (Å²) in [6.45, 7) is 7.51. The van der Waals surface area contributed by atoms with Crippen LogP contribution in [0.5, 0.6) is 0 Å². The van der Waals surface area contributed by atoms with Crippen LogP contribution in [0.2, 0.25) is 5.02 Å². The molecule has 0 heterocycles. The van der Waals surface area contributed by atoms with Crippen molar-refractivity contribution in [3.63, 3.8) is 0 Å². The highest BCUT2D eigenvalue weighted by Crippen LogP contribution is 2.27. The van der Waals surface area contributed by atoms with E-state index in [0.717, 1.165) is 21.7 Å². The van der Waals surface area contributed by atoms with Crippen molar-refractivity contribution in [1.82, 2.24) is 10.2 Å². The number of aryl methyl sites for hydroxylation is 2. The third-order valence-corrected chi connectivity index (χ3v) is 6.65. The number of sulfonamides is 1. The van der Waals surface area contributed by atoms with E-state index in [0.29, 0.717) is 29.2 Å². The van der Waals surface area contributed by atoms with Crippen LogP contribution in [0.1, 0.15) is 37.0 Å². The fourth-order valence-corrected chi connectivity index (χ4v) is 4.73. The topological polar surface area (TPSA) is 86.8 Å². The third-order valence-electron chi connectivity index (χ3n) is 5.29. The number of likely N-dealkylation sites (N-methyl/N-ethyl adjacent to an activating group) is 1. The molecule has 1 N–H and O–H groups in total. The average Bonchev–Trinajstić information content (AvgIpc) is 2.73. The molecule has 33 heavy (non-hydrogen) atoms. The summed E-state index contributed by atoms with van der Waals surface area (Å²) in [5, 5.41) is 3.14. The van der Waals surface area contributed by atoms with Crippen molar-refractivity contribution in [2.24, 2.45) is 0 Å². The van der Waals surface area contributed by atoms with E-state index in [9.17, 15) is 18.0 Å². The number of benzene rings is 2. The fourth-order valence-electron chi connectivity index (χ4n) is 3.66. The molecule has 2 amide bonds. The largest absolute Gasteiger partial charge is 0.355 e. The van der Waals surface area contributed by atoms with Gasteiger partial charge in [0.2, 0.25) is 21.8 Å². The highest BCUT2D eigenvalue weighted by molar-refractivity contribution is 7.92. The summed E-state index contributed by atoms with van der Waals surface area (Å²) in [6, 6.07) is 11.8. The first kappa shape index (κ1) is 26.7. The zero-order chi connectivity index (χ0) is 24.8. The van der Waals surface area contributed by atoms with Crippen molar-refractivity contribution in [1.29, 1.82) is 0 Å².